The number of nitrogens with two attached hydrogens (primary N) is 1. The highest BCUT2D eigenvalue weighted by molar-refractivity contribution is 5.50. The lowest BCUT2D eigenvalue weighted by atomic mass is 10.3. The van der Waals surface area contributed by atoms with E-state index in [1.165, 1.54) is 0 Å². The maximum Gasteiger partial charge on any atom is 0.134 e. The van der Waals surface area contributed by atoms with Gasteiger partial charge < -0.3 is 16.0 Å². The largest absolute Gasteiger partial charge is 0.366 e. The Morgan fingerprint density at radius 3 is 3.12 bits per heavy atom. The number of aryl methyl sites for hydroxylation is 1. The number of anilines is 2. The van der Waals surface area contributed by atoms with Crippen molar-refractivity contribution >= 4 is 11.6 Å². The van der Waals surface area contributed by atoms with E-state index in [0.29, 0.717) is 6.54 Å². The van der Waals surface area contributed by atoms with Crippen molar-refractivity contribution in [3.8, 4) is 0 Å². The van der Waals surface area contributed by atoms with Gasteiger partial charge in [-0.1, -0.05) is 6.08 Å². The molecule has 1 unspecified atom stereocenters. The Kier molecular flexibility index (Phi) is 3.58. The SMILES string of the molecule is C=CCNc1cc(N2CCC(N)C2)nc(C)n1. The van der Waals surface area contributed by atoms with Crippen LogP contribution >= 0.6 is 0 Å². The molecule has 1 atom stereocenters. The van der Waals surface area contributed by atoms with Gasteiger partial charge in [-0.05, 0) is 13.3 Å². The van der Waals surface area contributed by atoms with E-state index in [9.17, 15) is 0 Å². The number of nitrogens with zero attached hydrogens (tertiary/aromatic N) is 3. The van der Waals surface area contributed by atoms with Gasteiger partial charge in [-0.15, -0.1) is 6.58 Å². The van der Waals surface area contributed by atoms with E-state index in [1.54, 1.807) is 0 Å². The molecule has 0 amide bonds. The number of rotatable bonds is 4. The lowest BCUT2D eigenvalue weighted by molar-refractivity contribution is 0.751. The highest BCUT2D eigenvalue weighted by Gasteiger charge is 2.20. The van der Waals surface area contributed by atoms with Crippen LogP contribution in [0.2, 0.25) is 0 Å². The molecular formula is C12H19N5. The summed E-state index contributed by atoms with van der Waals surface area (Å²) in [6.45, 7) is 8.12. The predicted molar refractivity (Wildman–Crippen MR) is 70.3 cm³/mol. The summed E-state index contributed by atoms with van der Waals surface area (Å²) in [4.78, 5) is 11.0. The molecule has 0 spiro atoms. The van der Waals surface area contributed by atoms with Crippen LogP contribution in [0.1, 0.15) is 12.2 Å². The minimum absolute atomic E-state index is 0.259. The first kappa shape index (κ1) is 11.9. The van der Waals surface area contributed by atoms with Crippen LogP contribution in [0.4, 0.5) is 11.6 Å². The van der Waals surface area contributed by atoms with Gasteiger partial charge in [0.2, 0.25) is 0 Å². The Morgan fingerprint density at radius 2 is 2.47 bits per heavy atom. The Morgan fingerprint density at radius 1 is 1.65 bits per heavy atom. The molecule has 0 bridgehead atoms. The number of nitrogens with one attached hydrogen (secondary N) is 1. The average Bonchev–Trinajstić information content (AvgIpc) is 2.72. The fourth-order valence-corrected chi connectivity index (χ4v) is 1.98. The van der Waals surface area contributed by atoms with Gasteiger partial charge in [-0.2, -0.15) is 0 Å². The van der Waals surface area contributed by atoms with Crippen molar-refractivity contribution in [3.63, 3.8) is 0 Å². The lowest BCUT2D eigenvalue weighted by Crippen LogP contribution is -2.27. The molecule has 2 heterocycles. The molecule has 92 valence electrons. The number of aromatic nitrogens is 2. The zero-order chi connectivity index (χ0) is 12.3. The molecule has 1 aromatic heterocycles. The Hall–Kier alpha value is -1.62. The van der Waals surface area contributed by atoms with Gasteiger partial charge in [0, 0.05) is 31.7 Å². The van der Waals surface area contributed by atoms with E-state index in [4.69, 9.17) is 5.73 Å². The van der Waals surface area contributed by atoms with Crippen LogP contribution in [-0.4, -0.2) is 35.6 Å². The second-order valence-corrected chi connectivity index (χ2v) is 4.32. The van der Waals surface area contributed by atoms with Crippen LogP contribution in [0.15, 0.2) is 18.7 Å². The average molecular weight is 233 g/mol. The normalized spacial score (nSPS) is 19.4. The molecule has 0 saturated carbocycles. The van der Waals surface area contributed by atoms with Crippen molar-refractivity contribution in [2.75, 3.05) is 29.9 Å². The first-order valence-electron chi connectivity index (χ1n) is 5.90. The summed E-state index contributed by atoms with van der Waals surface area (Å²) >= 11 is 0. The Labute approximate surface area is 102 Å². The fraction of sp³-hybridized carbons (Fsp3) is 0.500. The first-order valence-corrected chi connectivity index (χ1v) is 5.90. The van der Waals surface area contributed by atoms with Crippen molar-refractivity contribution in [2.45, 2.75) is 19.4 Å². The number of hydrogen-bond donors (Lipinski definition) is 2. The molecule has 0 aromatic carbocycles. The van der Waals surface area contributed by atoms with Crippen LogP contribution in [0, 0.1) is 6.92 Å². The second-order valence-electron chi connectivity index (χ2n) is 4.32. The fourth-order valence-electron chi connectivity index (χ4n) is 1.98. The zero-order valence-electron chi connectivity index (χ0n) is 10.2. The molecule has 0 aliphatic carbocycles. The minimum Gasteiger partial charge on any atom is -0.366 e. The summed E-state index contributed by atoms with van der Waals surface area (Å²) in [7, 11) is 0. The molecule has 5 heteroatoms. The van der Waals surface area contributed by atoms with Gasteiger partial charge >= 0.3 is 0 Å². The van der Waals surface area contributed by atoms with Crippen LogP contribution in [0.25, 0.3) is 0 Å². The van der Waals surface area contributed by atoms with Gasteiger partial charge in [0.15, 0.2) is 0 Å². The van der Waals surface area contributed by atoms with Crippen LogP contribution in [-0.2, 0) is 0 Å². The summed E-state index contributed by atoms with van der Waals surface area (Å²) in [6, 6.07) is 2.23. The highest BCUT2D eigenvalue weighted by Crippen LogP contribution is 2.20. The number of hydrogen-bond acceptors (Lipinski definition) is 5. The molecular weight excluding hydrogens is 214 g/mol. The lowest BCUT2D eigenvalue weighted by Gasteiger charge is -2.18. The molecule has 1 fully saturated rings. The molecule has 17 heavy (non-hydrogen) atoms. The molecule has 3 N–H and O–H groups in total. The van der Waals surface area contributed by atoms with Gasteiger partial charge in [0.1, 0.15) is 17.5 Å². The van der Waals surface area contributed by atoms with E-state index in [1.807, 2.05) is 19.1 Å². The van der Waals surface area contributed by atoms with Crippen LogP contribution in [0.3, 0.4) is 0 Å². The Bertz CT molecular complexity index is 404. The quantitative estimate of drug-likeness (QED) is 0.757. The molecule has 1 aliphatic heterocycles. The standard InChI is InChI=1S/C12H19N5/c1-3-5-14-11-7-12(16-9(2)15-11)17-6-4-10(13)8-17/h3,7,10H,1,4-6,8,13H2,2H3,(H,14,15,16). The molecule has 2 rings (SSSR count). The van der Waals surface area contributed by atoms with E-state index < -0.39 is 0 Å². The van der Waals surface area contributed by atoms with Crippen molar-refractivity contribution < 1.29 is 0 Å². The predicted octanol–water partition coefficient (Wildman–Crippen LogP) is 0.920. The molecule has 1 saturated heterocycles. The molecule has 0 radical (unpaired) electrons. The van der Waals surface area contributed by atoms with Gasteiger partial charge in [-0.3, -0.25) is 0 Å². The first-order chi connectivity index (χ1) is 8.19. The maximum atomic E-state index is 5.90. The Balaban J connectivity index is 2.16. The monoisotopic (exact) mass is 233 g/mol. The van der Waals surface area contributed by atoms with E-state index >= 15 is 0 Å². The smallest absolute Gasteiger partial charge is 0.134 e. The summed E-state index contributed by atoms with van der Waals surface area (Å²) in [6.07, 6.45) is 2.83. The van der Waals surface area contributed by atoms with Crippen molar-refractivity contribution in [1.82, 2.24) is 9.97 Å². The van der Waals surface area contributed by atoms with E-state index in [2.05, 4.69) is 26.8 Å². The highest BCUT2D eigenvalue weighted by atomic mass is 15.2. The third-order valence-corrected chi connectivity index (χ3v) is 2.80. The van der Waals surface area contributed by atoms with E-state index in [-0.39, 0.29) is 6.04 Å². The van der Waals surface area contributed by atoms with Gasteiger partial charge in [0.25, 0.3) is 0 Å². The summed E-state index contributed by atoms with van der Waals surface area (Å²) in [5.74, 6) is 2.57. The van der Waals surface area contributed by atoms with Gasteiger partial charge in [-0.25, -0.2) is 9.97 Å². The summed E-state index contributed by atoms with van der Waals surface area (Å²) in [5.41, 5.74) is 5.90. The minimum atomic E-state index is 0.259. The van der Waals surface area contributed by atoms with Crippen molar-refractivity contribution in [3.05, 3.63) is 24.5 Å². The van der Waals surface area contributed by atoms with Crippen LogP contribution < -0.4 is 16.0 Å². The molecule has 5 nitrogen and oxygen atoms in total. The van der Waals surface area contributed by atoms with E-state index in [0.717, 1.165) is 37.0 Å². The van der Waals surface area contributed by atoms with Crippen LogP contribution in [0.5, 0.6) is 0 Å². The zero-order valence-corrected chi connectivity index (χ0v) is 10.2. The molecule has 1 aromatic rings. The third kappa shape index (κ3) is 2.94. The third-order valence-electron chi connectivity index (χ3n) is 2.80. The second kappa shape index (κ2) is 5.14. The summed E-state index contributed by atoms with van der Waals surface area (Å²) < 4.78 is 0. The van der Waals surface area contributed by atoms with Crippen molar-refractivity contribution in [2.24, 2.45) is 5.73 Å². The maximum absolute atomic E-state index is 5.90. The topological polar surface area (TPSA) is 67.1 Å². The van der Waals surface area contributed by atoms with Gasteiger partial charge in [0.05, 0.1) is 0 Å². The summed E-state index contributed by atoms with van der Waals surface area (Å²) in [5, 5.41) is 3.18. The van der Waals surface area contributed by atoms with Crippen molar-refractivity contribution in [1.29, 1.82) is 0 Å². The molecule has 1 aliphatic rings.